The average molecular weight is 316 g/mol. The highest BCUT2D eigenvalue weighted by Gasteiger charge is 2.21. The number of rotatable bonds is 1. The van der Waals surface area contributed by atoms with Gasteiger partial charge in [-0.2, -0.15) is 4.39 Å². The van der Waals surface area contributed by atoms with E-state index >= 15 is 0 Å². The van der Waals surface area contributed by atoms with E-state index in [0.29, 0.717) is 21.3 Å². The highest BCUT2D eigenvalue weighted by Crippen LogP contribution is 2.37. The molecule has 0 radical (unpaired) electrons. The molecule has 0 saturated carbocycles. The zero-order valence-corrected chi connectivity index (χ0v) is 11.2. The van der Waals surface area contributed by atoms with Crippen molar-refractivity contribution in [2.45, 2.75) is 0 Å². The average Bonchev–Trinajstić information content (AvgIpc) is 2.83. The topological polar surface area (TPSA) is 33.1 Å². The van der Waals surface area contributed by atoms with Crippen molar-refractivity contribution in [3.8, 4) is 16.3 Å². The molecule has 0 aliphatic heterocycles. The van der Waals surface area contributed by atoms with Crippen LogP contribution in [0.3, 0.4) is 0 Å². The van der Waals surface area contributed by atoms with Gasteiger partial charge in [0.15, 0.2) is 17.4 Å². The molecule has 102 valence electrons. The van der Waals surface area contributed by atoms with Crippen LogP contribution in [0.4, 0.5) is 13.2 Å². The number of thiazole rings is 1. The maximum absolute atomic E-state index is 13.8. The Morgan fingerprint density at radius 3 is 2.60 bits per heavy atom. The first-order valence-corrected chi connectivity index (χ1v) is 6.59. The highest BCUT2D eigenvalue weighted by molar-refractivity contribution is 7.21. The second-order valence-electron chi connectivity index (χ2n) is 4.01. The molecule has 20 heavy (non-hydrogen) atoms. The number of phenols is 1. The van der Waals surface area contributed by atoms with E-state index in [-0.39, 0.29) is 10.6 Å². The van der Waals surface area contributed by atoms with E-state index < -0.39 is 23.2 Å². The van der Waals surface area contributed by atoms with Crippen molar-refractivity contribution in [3.63, 3.8) is 0 Å². The van der Waals surface area contributed by atoms with Gasteiger partial charge in [0.25, 0.3) is 0 Å². The monoisotopic (exact) mass is 315 g/mol. The summed E-state index contributed by atoms with van der Waals surface area (Å²) in [5.74, 6) is -5.54. The lowest BCUT2D eigenvalue weighted by Crippen LogP contribution is -1.92. The number of fused-ring (bicyclic) bond motifs is 1. The number of halogens is 4. The van der Waals surface area contributed by atoms with E-state index in [2.05, 4.69) is 4.98 Å². The van der Waals surface area contributed by atoms with Crippen LogP contribution in [0.5, 0.6) is 5.75 Å². The van der Waals surface area contributed by atoms with Crippen LogP contribution in [0, 0.1) is 17.5 Å². The predicted molar refractivity (Wildman–Crippen MR) is 71.6 cm³/mol. The first-order chi connectivity index (χ1) is 9.47. The van der Waals surface area contributed by atoms with Crippen molar-refractivity contribution in [2.24, 2.45) is 0 Å². The lowest BCUT2D eigenvalue weighted by Gasteiger charge is -2.03. The third-order valence-corrected chi connectivity index (χ3v) is 4.00. The van der Waals surface area contributed by atoms with Crippen molar-refractivity contribution in [3.05, 3.63) is 46.7 Å². The summed E-state index contributed by atoms with van der Waals surface area (Å²) in [6.45, 7) is 0. The van der Waals surface area contributed by atoms with Gasteiger partial charge in [-0.1, -0.05) is 11.6 Å². The molecule has 1 heterocycles. The SMILES string of the molecule is Oc1c(F)c(F)cc(-c2nc3ccc(Cl)cc3s2)c1F. The number of phenolic OH excluding ortho intramolecular Hbond substituents is 1. The van der Waals surface area contributed by atoms with E-state index in [1.807, 2.05) is 0 Å². The molecule has 2 nitrogen and oxygen atoms in total. The summed E-state index contributed by atoms with van der Waals surface area (Å²) in [5.41, 5.74) is 0.261. The fourth-order valence-corrected chi connectivity index (χ4v) is 3.01. The Hall–Kier alpha value is -1.79. The van der Waals surface area contributed by atoms with Crippen LogP contribution in [0.1, 0.15) is 0 Å². The van der Waals surface area contributed by atoms with E-state index in [4.69, 9.17) is 11.6 Å². The van der Waals surface area contributed by atoms with Crippen molar-refractivity contribution < 1.29 is 18.3 Å². The summed E-state index contributed by atoms with van der Waals surface area (Å²) in [6, 6.07) is 5.56. The molecule has 0 amide bonds. The summed E-state index contributed by atoms with van der Waals surface area (Å²) < 4.78 is 40.8. The van der Waals surface area contributed by atoms with Gasteiger partial charge < -0.3 is 5.11 Å². The maximum atomic E-state index is 13.8. The molecular weight excluding hydrogens is 311 g/mol. The van der Waals surface area contributed by atoms with E-state index in [1.165, 1.54) is 0 Å². The molecule has 0 fully saturated rings. The first kappa shape index (κ1) is 13.2. The van der Waals surface area contributed by atoms with Crippen LogP contribution >= 0.6 is 22.9 Å². The van der Waals surface area contributed by atoms with Gasteiger partial charge in [0, 0.05) is 5.02 Å². The minimum absolute atomic E-state index is 0.133. The molecular formula is C13H5ClF3NOS. The Labute approximate surface area is 120 Å². The molecule has 2 aromatic carbocycles. The third kappa shape index (κ3) is 2.01. The molecule has 0 saturated heterocycles. The number of aromatic hydroxyl groups is 1. The number of nitrogens with zero attached hydrogens (tertiary/aromatic N) is 1. The van der Waals surface area contributed by atoms with Crippen molar-refractivity contribution in [1.82, 2.24) is 4.98 Å². The standard InChI is InChI=1S/C13H5ClF3NOS/c14-5-1-2-8-9(3-5)20-13(18-8)6-4-7(15)11(17)12(19)10(6)16/h1-4,19H. The molecule has 0 unspecified atom stereocenters. The summed E-state index contributed by atoms with van der Waals surface area (Å²) in [4.78, 5) is 4.12. The maximum Gasteiger partial charge on any atom is 0.203 e. The van der Waals surface area contributed by atoms with Gasteiger partial charge in [0.2, 0.25) is 5.82 Å². The fraction of sp³-hybridized carbons (Fsp3) is 0. The summed E-state index contributed by atoms with van der Waals surface area (Å²) in [5, 5.41) is 9.83. The minimum atomic E-state index is -1.62. The van der Waals surface area contributed by atoms with Crippen LogP contribution in [0.25, 0.3) is 20.8 Å². The summed E-state index contributed by atoms with van der Waals surface area (Å²) in [6.07, 6.45) is 0. The Balaban J connectivity index is 2.25. The van der Waals surface area contributed by atoms with E-state index in [9.17, 15) is 18.3 Å². The van der Waals surface area contributed by atoms with Gasteiger partial charge in [-0.25, -0.2) is 13.8 Å². The van der Waals surface area contributed by atoms with Crippen LogP contribution in [-0.4, -0.2) is 10.1 Å². The summed E-state index contributed by atoms with van der Waals surface area (Å²) in [7, 11) is 0. The minimum Gasteiger partial charge on any atom is -0.503 e. The van der Waals surface area contributed by atoms with Gasteiger partial charge in [0.1, 0.15) is 5.01 Å². The summed E-state index contributed by atoms with van der Waals surface area (Å²) >= 11 is 6.90. The molecule has 0 bridgehead atoms. The molecule has 1 N–H and O–H groups in total. The quantitative estimate of drug-likeness (QED) is 0.658. The van der Waals surface area contributed by atoms with Crippen LogP contribution < -0.4 is 0 Å². The van der Waals surface area contributed by atoms with Crippen molar-refractivity contribution in [2.75, 3.05) is 0 Å². The first-order valence-electron chi connectivity index (χ1n) is 5.40. The second kappa shape index (κ2) is 4.64. The molecule has 7 heteroatoms. The lowest BCUT2D eigenvalue weighted by atomic mass is 10.2. The van der Waals surface area contributed by atoms with Gasteiger partial charge >= 0.3 is 0 Å². The zero-order chi connectivity index (χ0) is 14.4. The zero-order valence-electron chi connectivity index (χ0n) is 9.62. The normalized spacial score (nSPS) is 11.2. The van der Waals surface area contributed by atoms with Crippen LogP contribution in [0.15, 0.2) is 24.3 Å². The molecule has 0 spiro atoms. The fourth-order valence-electron chi connectivity index (χ4n) is 1.76. The Morgan fingerprint density at radius 1 is 1.10 bits per heavy atom. The largest absolute Gasteiger partial charge is 0.503 e. The van der Waals surface area contributed by atoms with E-state index in [0.717, 1.165) is 11.3 Å². The van der Waals surface area contributed by atoms with Crippen molar-refractivity contribution in [1.29, 1.82) is 0 Å². The van der Waals surface area contributed by atoms with Crippen LogP contribution in [0.2, 0.25) is 5.02 Å². The Bertz CT molecular complexity index is 834. The van der Waals surface area contributed by atoms with Gasteiger partial charge in [-0.3, -0.25) is 0 Å². The lowest BCUT2D eigenvalue weighted by molar-refractivity contribution is 0.377. The van der Waals surface area contributed by atoms with E-state index in [1.54, 1.807) is 18.2 Å². The molecule has 1 aromatic heterocycles. The smallest absolute Gasteiger partial charge is 0.203 e. The molecule has 0 aliphatic rings. The second-order valence-corrected chi connectivity index (χ2v) is 5.48. The number of hydrogen-bond donors (Lipinski definition) is 1. The van der Waals surface area contributed by atoms with Crippen molar-refractivity contribution >= 4 is 33.2 Å². The third-order valence-electron chi connectivity index (χ3n) is 2.71. The highest BCUT2D eigenvalue weighted by atomic mass is 35.5. The molecule has 3 aromatic rings. The number of benzene rings is 2. The Kier molecular flexibility index (Phi) is 3.07. The van der Waals surface area contributed by atoms with Gasteiger partial charge in [-0.05, 0) is 24.3 Å². The number of aromatic nitrogens is 1. The van der Waals surface area contributed by atoms with Gasteiger partial charge in [-0.15, -0.1) is 11.3 Å². The van der Waals surface area contributed by atoms with Crippen LogP contribution in [-0.2, 0) is 0 Å². The molecule has 3 rings (SSSR count). The number of hydrogen-bond acceptors (Lipinski definition) is 3. The molecule has 0 aliphatic carbocycles. The molecule has 0 atom stereocenters. The Morgan fingerprint density at radius 2 is 1.85 bits per heavy atom. The predicted octanol–water partition coefficient (Wildman–Crippen LogP) is 4.74. The van der Waals surface area contributed by atoms with Gasteiger partial charge in [0.05, 0.1) is 15.8 Å².